The van der Waals surface area contributed by atoms with E-state index in [1.807, 2.05) is 24.3 Å². The van der Waals surface area contributed by atoms with Crippen LogP contribution < -0.4 is 0 Å². The standard InChI is InChI=1S/C10H5BrCl2N2/c11-7-3-1-2-6(4-7)8-5-14-10(13)15-9(8)12/h1-5H. The molecule has 0 bridgehead atoms. The van der Waals surface area contributed by atoms with E-state index in [1.54, 1.807) is 6.20 Å². The molecule has 0 saturated heterocycles. The molecule has 0 atom stereocenters. The zero-order valence-electron chi connectivity index (χ0n) is 7.42. The quantitative estimate of drug-likeness (QED) is 0.582. The lowest BCUT2D eigenvalue weighted by Crippen LogP contribution is -1.87. The molecule has 0 aliphatic carbocycles. The van der Waals surface area contributed by atoms with Crippen molar-refractivity contribution >= 4 is 39.1 Å². The van der Waals surface area contributed by atoms with E-state index in [9.17, 15) is 0 Å². The molecule has 5 heteroatoms. The molecule has 0 unspecified atom stereocenters. The number of benzene rings is 1. The van der Waals surface area contributed by atoms with Crippen molar-refractivity contribution in [1.29, 1.82) is 0 Å². The van der Waals surface area contributed by atoms with Gasteiger partial charge in [0.1, 0.15) is 5.15 Å². The second-order valence-corrected chi connectivity index (χ2v) is 4.47. The van der Waals surface area contributed by atoms with Gasteiger partial charge in [-0.15, -0.1) is 0 Å². The third kappa shape index (κ3) is 2.48. The molecular weight excluding hydrogens is 299 g/mol. The fourth-order valence-electron chi connectivity index (χ4n) is 1.19. The molecule has 2 aromatic rings. The zero-order chi connectivity index (χ0) is 10.8. The van der Waals surface area contributed by atoms with Crippen molar-refractivity contribution in [3.05, 3.63) is 45.4 Å². The first-order valence-electron chi connectivity index (χ1n) is 4.11. The second kappa shape index (κ2) is 4.47. The van der Waals surface area contributed by atoms with E-state index in [4.69, 9.17) is 23.2 Å². The van der Waals surface area contributed by atoms with Crippen molar-refractivity contribution in [2.75, 3.05) is 0 Å². The van der Waals surface area contributed by atoms with Gasteiger partial charge >= 0.3 is 0 Å². The lowest BCUT2D eigenvalue weighted by atomic mass is 10.1. The van der Waals surface area contributed by atoms with E-state index in [-0.39, 0.29) is 5.28 Å². The zero-order valence-corrected chi connectivity index (χ0v) is 10.5. The van der Waals surface area contributed by atoms with Gasteiger partial charge in [0.15, 0.2) is 0 Å². The van der Waals surface area contributed by atoms with Crippen LogP contribution in [0.4, 0.5) is 0 Å². The fraction of sp³-hybridized carbons (Fsp3) is 0. The predicted molar refractivity (Wildman–Crippen MR) is 65.2 cm³/mol. The van der Waals surface area contributed by atoms with Crippen molar-refractivity contribution in [1.82, 2.24) is 9.97 Å². The Labute approximate surface area is 105 Å². The van der Waals surface area contributed by atoms with Crippen LogP contribution in [-0.4, -0.2) is 9.97 Å². The summed E-state index contributed by atoms with van der Waals surface area (Å²) in [5.41, 5.74) is 1.72. The van der Waals surface area contributed by atoms with Crippen LogP contribution in [0.15, 0.2) is 34.9 Å². The lowest BCUT2D eigenvalue weighted by Gasteiger charge is -2.03. The Kier molecular flexibility index (Phi) is 3.24. The van der Waals surface area contributed by atoms with Crippen molar-refractivity contribution in [2.24, 2.45) is 0 Å². The fourth-order valence-corrected chi connectivity index (χ4v) is 2.00. The van der Waals surface area contributed by atoms with Gasteiger partial charge in [0, 0.05) is 16.2 Å². The summed E-state index contributed by atoms with van der Waals surface area (Å²) < 4.78 is 0.978. The van der Waals surface area contributed by atoms with Crippen molar-refractivity contribution in [3.8, 4) is 11.1 Å². The summed E-state index contributed by atoms with van der Waals surface area (Å²) in [4.78, 5) is 7.78. The summed E-state index contributed by atoms with van der Waals surface area (Å²) >= 11 is 15.0. The molecule has 0 N–H and O–H groups in total. The van der Waals surface area contributed by atoms with Crippen molar-refractivity contribution in [3.63, 3.8) is 0 Å². The van der Waals surface area contributed by atoms with Crippen LogP contribution in [-0.2, 0) is 0 Å². The summed E-state index contributed by atoms with van der Waals surface area (Å²) in [5.74, 6) is 0. The highest BCUT2D eigenvalue weighted by atomic mass is 79.9. The van der Waals surface area contributed by atoms with Gasteiger partial charge in [-0.2, -0.15) is 0 Å². The van der Waals surface area contributed by atoms with Crippen LogP contribution in [0.3, 0.4) is 0 Å². The maximum absolute atomic E-state index is 5.97. The van der Waals surface area contributed by atoms with Crippen LogP contribution >= 0.6 is 39.1 Å². The Morgan fingerprint density at radius 3 is 2.67 bits per heavy atom. The van der Waals surface area contributed by atoms with Gasteiger partial charge in [-0.3, -0.25) is 0 Å². The Hall–Kier alpha value is -0.640. The van der Waals surface area contributed by atoms with Crippen LogP contribution in [0, 0.1) is 0 Å². The van der Waals surface area contributed by atoms with Gasteiger partial charge in [-0.05, 0) is 29.3 Å². The van der Waals surface area contributed by atoms with E-state index in [0.29, 0.717) is 5.15 Å². The number of rotatable bonds is 1. The SMILES string of the molecule is Clc1ncc(-c2cccc(Br)c2)c(Cl)n1. The van der Waals surface area contributed by atoms with E-state index >= 15 is 0 Å². The minimum absolute atomic E-state index is 0.152. The van der Waals surface area contributed by atoms with E-state index < -0.39 is 0 Å². The Balaban J connectivity index is 2.54. The van der Waals surface area contributed by atoms with Gasteiger partial charge in [-0.1, -0.05) is 39.7 Å². The van der Waals surface area contributed by atoms with Gasteiger partial charge in [0.05, 0.1) is 0 Å². The Bertz CT molecular complexity index is 503. The van der Waals surface area contributed by atoms with E-state index in [2.05, 4.69) is 25.9 Å². The summed E-state index contributed by atoms with van der Waals surface area (Å²) in [7, 11) is 0. The topological polar surface area (TPSA) is 25.8 Å². The van der Waals surface area contributed by atoms with Gasteiger partial charge in [0.2, 0.25) is 5.28 Å². The van der Waals surface area contributed by atoms with Crippen molar-refractivity contribution < 1.29 is 0 Å². The second-order valence-electron chi connectivity index (χ2n) is 2.85. The molecule has 0 fully saturated rings. The van der Waals surface area contributed by atoms with Crippen molar-refractivity contribution in [2.45, 2.75) is 0 Å². The molecule has 15 heavy (non-hydrogen) atoms. The highest BCUT2D eigenvalue weighted by Crippen LogP contribution is 2.28. The van der Waals surface area contributed by atoms with E-state index in [0.717, 1.165) is 15.6 Å². The first-order valence-corrected chi connectivity index (χ1v) is 5.65. The Morgan fingerprint density at radius 1 is 1.20 bits per heavy atom. The highest BCUT2D eigenvalue weighted by molar-refractivity contribution is 9.10. The van der Waals surface area contributed by atoms with Crippen LogP contribution in [0.5, 0.6) is 0 Å². The Morgan fingerprint density at radius 2 is 2.00 bits per heavy atom. The summed E-state index contributed by atoms with van der Waals surface area (Å²) in [5, 5.41) is 0.506. The lowest BCUT2D eigenvalue weighted by molar-refractivity contribution is 1.17. The molecule has 0 spiro atoms. The number of hydrogen-bond acceptors (Lipinski definition) is 2. The summed E-state index contributed by atoms with van der Waals surface area (Å²) in [6, 6.07) is 7.74. The maximum atomic E-state index is 5.97. The minimum atomic E-state index is 0.152. The van der Waals surface area contributed by atoms with Crippen LogP contribution in [0.2, 0.25) is 10.4 Å². The maximum Gasteiger partial charge on any atom is 0.223 e. The highest BCUT2D eigenvalue weighted by Gasteiger charge is 2.06. The molecule has 2 rings (SSSR count). The predicted octanol–water partition coefficient (Wildman–Crippen LogP) is 4.21. The summed E-state index contributed by atoms with van der Waals surface area (Å²) in [6.07, 6.45) is 1.61. The molecule has 0 amide bonds. The van der Waals surface area contributed by atoms with Crippen LogP contribution in [0.1, 0.15) is 0 Å². The first-order chi connectivity index (χ1) is 7.16. The molecule has 1 heterocycles. The molecule has 0 radical (unpaired) electrons. The number of nitrogens with zero attached hydrogens (tertiary/aromatic N) is 2. The third-order valence-corrected chi connectivity index (χ3v) is 2.81. The largest absolute Gasteiger partial charge is 0.226 e. The van der Waals surface area contributed by atoms with Gasteiger partial charge < -0.3 is 0 Å². The average Bonchev–Trinajstić information content (AvgIpc) is 2.17. The van der Waals surface area contributed by atoms with Crippen LogP contribution in [0.25, 0.3) is 11.1 Å². The summed E-state index contributed by atoms with van der Waals surface area (Å²) in [6.45, 7) is 0. The van der Waals surface area contributed by atoms with Gasteiger partial charge in [0.25, 0.3) is 0 Å². The van der Waals surface area contributed by atoms with E-state index in [1.165, 1.54) is 0 Å². The number of hydrogen-bond donors (Lipinski definition) is 0. The molecule has 0 aliphatic heterocycles. The van der Waals surface area contributed by atoms with Gasteiger partial charge in [-0.25, -0.2) is 9.97 Å². The average molecular weight is 304 g/mol. The molecule has 2 nitrogen and oxygen atoms in total. The first kappa shape index (κ1) is 10.9. The molecule has 1 aromatic carbocycles. The molecule has 1 aromatic heterocycles. The normalized spacial score (nSPS) is 10.3. The monoisotopic (exact) mass is 302 g/mol. The molecule has 76 valence electrons. The molecular formula is C10H5BrCl2N2. The third-order valence-electron chi connectivity index (χ3n) is 1.85. The molecule has 0 aliphatic rings. The number of halogens is 3. The minimum Gasteiger partial charge on any atom is -0.226 e. The smallest absolute Gasteiger partial charge is 0.223 e. The molecule has 0 saturated carbocycles. The number of aromatic nitrogens is 2.